The van der Waals surface area contributed by atoms with Gasteiger partial charge < -0.3 is 15.2 Å². The molecule has 0 spiro atoms. The summed E-state index contributed by atoms with van der Waals surface area (Å²) in [5.74, 6) is 0.0381. The minimum atomic E-state index is -0.732. The molecular weight excluding hydrogens is 361 g/mol. The minimum Gasteiger partial charge on any atom is -0.508 e. The van der Waals surface area contributed by atoms with E-state index in [1.54, 1.807) is 24.3 Å². The number of ether oxygens (including phenoxy) is 1. The molecular formula is C19H15Cl2NO3. The fourth-order valence-corrected chi connectivity index (χ4v) is 3.21. The van der Waals surface area contributed by atoms with Gasteiger partial charge in [0.15, 0.2) is 0 Å². The Morgan fingerprint density at radius 1 is 1.12 bits per heavy atom. The molecule has 0 aliphatic rings. The van der Waals surface area contributed by atoms with E-state index in [4.69, 9.17) is 27.9 Å². The summed E-state index contributed by atoms with van der Waals surface area (Å²) < 4.78 is 4.74. The molecule has 4 nitrogen and oxygen atoms in total. The summed E-state index contributed by atoms with van der Waals surface area (Å²) in [6, 6.07) is 15.2. The number of carbonyl (C=O) groups is 1. The number of nitrogens with one attached hydrogen (secondary N) is 1. The van der Waals surface area contributed by atoms with Crippen LogP contribution in [0.2, 0.25) is 10.0 Å². The van der Waals surface area contributed by atoms with Gasteiger partial charge in [-0.05, 0) is 40.6 Å². The van der Waals surface area contributed by atoms with Crippen LogP contribution >= 0.6 is 23.2 Å². The van der Waals surface area contributed by atoms with Crippen LogP contribution in [0.25, 0.3) is 10.8 Å². The Labute approximate surface area is 154 Å². The van der Waals surface area contributed by atoms with Crippen molar-refractivity contribution in [2.45, 2.75) is 6.04 Å². The maximum atomic E-state index is 11.9. The molecule has 0 heterocycles. The van der Waals surface area contributed by atoms with Crippen LogP contribution in [0.5, 0.6) is 5.75 Å². The van der Waals surface area contributed by atoms with Gasteiger partial charge in [0.25, 0.3) is 0 Å². The first-order valence-corrected chi connectivity index (χ1v) is 8.27. The number of fused-ring (bicyclic) bond motifs is 1. The first-order chi connectivity index (χ1) is 12.0. The van der Waals surface area contributed by atoms with E-state index in [0.29, 0.717) is 21.2 Å². The third kappa shape index (κ3) is 3.50. The van der Waals surface area contributed by atoms with Crippen molar-refractivity contribution in [2.24, 2.45) is 0 Å². The largest absolute Gasteiger partial charge is 0.508 e. The minimum absolute atomic E-state index is 0.0381. The van der Waals surface area contributed by atoms with Gasteiger partial charge in [-0.1, -0.05) is 53.5 Å². The van der Waals surface area contributed by atoms with Gasteiger partial charge in [-0.2, -0.15) is 0 Å². The third-order valence-electron chi connectivity index (χ3n) is 3.95. The van der Waals surface area contributed by atoms with E-state index in [1.807, 2.05) is 30.3 Å². The number of benzene rings is 3. The zero-order valence-electron chi connectivity index (χ0n) is 13.3. The van der Waals surface area contributed by atoms with Gasteiger partial charge in [-0.25, -0.2) is 4.79 Å². The molecule has 0 bridgehead atoms. The summed E-state index contributed by atoms with van der Waals surface area (Å²) in [5.41, 5.74) is 1.08. The van der Waals surface area contributed by atoms with Crippen LogP contribution in [-0.4, -0.2) is 18.3 Å². The lowest BCUT2D eigenvalue weighted by Gasteiger charge is -2.23. The van der Waals surface area contributed by atoms with Crippen molar-refractivity contribution in [3.63, 3.8) is 0 Å². The second kappa shape index (κ2) is 7.21. The summed E-state index contributed by atoms with van der Waals surface area (Å²) in [4.78, 5) is 11.9. The van der Waals surface area contributed by atoms with Crippen molar-refractivity contribution in [3.05, 3.63) is 75.8 Å². The van der Waals surface area contributed by atoms with Crippen molar-refractivity contribution in [1.82, 2.24) is 5.32 Å². The van der Waals surface area contributed by atoms with Crippen molar-refractivity contribution in [1.29, 1.82) is 0 Å². The van der Waals surface area contributed by atoms with Gasteiger partial charge in [-0.15, -0.1) is 0 Å². The number of aromatic hydroxyl groups is 1. The van der Waals surface area contributed by atoms with Gasteiger partial charge in [0, 0.05) is 15.6 Å². The maximum absolute atomic E-state index is 11.9. The number of carbonyl (C=O) groups excluding carboxylic acids is 1. The molecule has 0 saturated carbocycles. The predicted octanol–water partition coefficient (Wildman–Crippen LogP) is 5.30. The fourth-order valence-electron chi connectivity index (χ4n) is 2.81. The predicted molar refractivity (Wildman–Crippen MR) is 99.5 cm³/mol. The van der Waals surface area contributed by atoms with Gasteiger partial charge in [0.1, 0.15) is 5.75 Å². The first-order valence-electron chi connectivity index (χ1n) is 7.51. The molecule has 1 atom stereocenters. The second-order valence-corrected chi connectivity index (χ2v) is 6.30. The van der Waals surface area contributed by atoms with Crippen LogP contribution in [0.4, 0.5) is 4.79 Å². The molecule has 0 radical (unpaired) electrons. The van der Waals surface area contributed by atoms with Gasteiger partial charge in [-0.3, -0.25) is 0 Å². The van der Waals surface area contributed by atoms with Crippen molar-refractivity contribution < 1.29 is 14.6 Å². The van der Waals surface area contributed by atoms with E-state index >= 15 is 0 Å². The van der Waals surface area contributed by atoms with E-state index in [2.05, 4.69) is 5.32 Å². The molecule has 0 aromatic heterocycles. The lowest BCUT2D eigenvalue weighted by Crippen LogP contribution is -2.29. The number of halogens is 2. The van der Waals surface area contributed by atoms with E-state index in [0.717, 1.165) is 10.8 Å². The third-order valence-corrected chi connectivity index (χ3v) is 4.53. The Balaban J connectivity index is 2.27. The highest BCUT2D eigenvalue weighted by Gasteiger charge is 2.25. The first kappa shape index (κ1) is 17.4. The highest BCUT2D eigenvalue weighted by molar-refractivity contribution is 6.33. The van der Waals surface area contributed by atoms with Crippen molar-refractivity contribution in [2.75, 3.05) is 7.11 Å². The summed E-state index contributed by atoms with van der Waals surface area (Å²) in [5, 5.41) is 15.9. The maximum Gasteiger partial charge on any atom is 0.407 e. The number of hydrogen-bond acceptors (Lipinski definition) is 3. The monoisotopic (exact) mass is 375 g/mol. The molecule has 3 aromatic carbocycles. The van der Waals surface area contributed by atoms with Gasteiger partial charge in [0.05, 0.1) is 13.2 Å². The van der Waals surface area contributed by atoms with Crippen LogP contribution in [-0.2, 0) is 4.74 Å². The van der Waals surface area contributed by atoms with Gasteiger partial charge >= 0.3 is 6.09 Å². The summed E-state index contributed by atoms with van der Waals surface area (Å²) >= 11 is 12.5. The van der Waals surface area contributed by atoms with Crippen LogP contribution < -0.4 is 5.32 Å². The molecule has 1 amide bonds. The topological polar surface area (TPSA) is 58.6 Å². The normalized spacial score (nSPS) is 12.0. The Morgan fingerprint density at radius 3 is 2.64 bits per heavy atom. The highest BCUT2D eigenvalue weighted by Crippen LogP contribution is 2.38. The van der Waals surface area contributed by atoms with E-state index < -0.39 is 12.1 Å². The number of phenolic OH excluding ortho intramolecular Hbond substituents is 1. The quantitative estimate of drug-likeness (QED) is 0.652. The van der Waals surface area contributed by atoms with Crippen LogP contribution in [0.15, 0.2) is 54.6 Å². The number of hydrogen-bond donors (Lipinski definition) is 2. The van der Waals surface area contributed by atoms with E-state index in [-0.39, 0.29) is 5.75 Å². The van der Waals surface area contributed by atoms with Crippen molar-refractivity contribution >= 4 is 40.1 Å². The average molecular weight is 376 g/mol. The Bertz CT molecular complexity index is 943. The number of amides is 1. The smallest absolute Gasteiger partial charge is 0.407 e. The highest BCUT2D eigenvalue weighted by atomic mass is 35.5. The fraction of sp³-hybridized carbons (Fsp3) is 0.105. The average Bonchev–Trinajstić information content (AvgIpc) is 2.62. The molecule has 2 N–H and O–H groups in total. The Morgan fingerprint density at radius 2 is 1.88 bits per heavy atom. The molecule has 0 fully saturated rings. The Hall–Kier alpha value is -2.43. The van der Waals surface area contributed by atoms with Crippen LogP contribution in [0.1, 0.15) is 17.2 Å². The molecule has 25 heavy (non-hydrogen) atoms. The Kier molecular flexibility index (Phi) is 5.02. The zero-order valence-corrected chi connectivity index (χ0v) is 14.8. The number of phenols is 1. The lowest BCUT2D eigenvalue weighted by atomic mass is 9.92. The summed E-state index contributed by atoms with van der Waals surface area (Å²) in [6.45, 7) is 0. The number of methoxy groups -OCH3 is 1. The van der Waals surface area contributed by atoms with Gasteiger partial charge in [0.2, 0.25) is 0 Å². The second-order valence-electron chi connectivity index (χ2n) is 5.45. The van der Waals surface area contributed by atoms with Crippen molar-refractivity contribution in [3.8, 4) is 5.75 Å². The summed E-state index contributed by atoms with van der Waals surface area (Å²) in [7, 11) is 1.27. The molecule has 128 valence electrons. The number of rotatable bonds is 3. The molecule has 1 unspecified atom stereocenters. The van der Waals surface area contributed by atoms with E-state index in [9.17, 15) is 9.90 Å². The lowest BCUT2D eigenvalue weighted by molar-refractivity contribution is 0.168. The zero-order chi connectivity index (χ0) is 18.0. The van der Waals surface area contributed by atoms with E-state index in [1.165, 1.54) is 7.11 Å². The summed E-state index contributed by atoms with van der Waals surface area (Å²) in [6.07, 6.45) is -0.645. The number of alkyl carbamates (subject to hydrolysis) is 1. The van der Waals surface area contributed by atoms with Crippen LogP contribution in [0.3, 0.4) is 0 Å². The molecule has 3 rings (SSSR count). The molecule has 6 heteroatoms. The standard InChI is InChI=1S/C19H15Cl2NO3/c1-25-19(24)22-18(14-10-12(20)7-8-15(14)21)17-13-5-3-2-4-11(13)6-9-16(17)23/h2-10,18,23H,1H3,(H,22,24). The SMILES string of the molecule is COC(=O)NC(c1cc(Cl)ccc1Cl)c1c(O)ccc2ccccc12. The molecule has 0 saturated heterocycles. The molecule has 0 aliphatic heterocycles. The van der Waals surface area contributed by atoms with Crippen LogP contribution in [0, 0.1) is 0 Å². The molecule has 3 aromatic rings. The molecule has 0 aliphatic carbocycles.